The van der Waals surface area contributed by atoms with Crippen LogP contribution < -0.4 is 10.1 Å². The van der Waals surface area contributed by atoms with E-state index in [-0.39, 0.29) is 11.7 Å². The highest BCUT2D eigenvalue weighted by molar-refractivity contribution is 5.82. The Bertz CT molecular complexity index is 894. The van der Waals surface area contributed by atoms with E-state index in [2.05, 4.69) is 15.4 Å². The number of ether oxygens (including phenoxy) is 1. The minimum absolute atomic E-state index is 0.229. The SMILES string of the molecule is O=C(NCc1ccc(-n2cccn2)nc1)[C@H]1Cc2cc(F)ccc2O1. The van der Waals surface area contributed by atoms with E-state index >= 15 is 0 Å². The van der Waals surface area contributed by atoms with Gasteiger partial charge in [0.15, 0.2) is 11.9 Å². The molecule has 25 heavy (non-hydrogen) atoms. The van der Waals surface area contributed by atoms with Gasteiger partial charge in [0.25, 0.3) is 5.91 Å². The van der Waals surface area contributed by atoms with Gasteiger partial charge in [-0.15, -0.1) is 0 Å². The topological polar surface area (TPSA) is 69.0 Å². The van der Waals surface area contributed by atoms with Crippen LogP contribution in [0.4, 0.5) is 4.39 Å². The Kier molecular flexibility index (Phi) is 3.89. The number of hydrogen-bond donors (Lipinski definition) is 1. The van der Waals surface area contributed by atoms with E-state index in [1.54, 1.807) is 23.1 Å². The maximum absolute atomic E-state index is 13.2. The summed E-state index contributed by atoms with van der Waals surface area (Å²) in [5.74, 6) is 0.711. The molecule has 1 aromatic carbocycles. The second-order valence-electron chi connectivity index (χ2n) is 5.76. The summed E-state index contributed by atoms with van der Waals surface area (Å²) in [4.78, 5) is 16.6. The standard InChI is InChI=1S/C18H15FN4O2/c19-14-3-4-15-13(8-14)9-16(25-15)18(24)21-11-12-2-5-17(20-10-12)23-7-1-6-22-23/h1-8,10,16H,9,11H2,(H,21,24)/t16-/m1/s1. The molecule has 1 amide bonds. The number of halogens is 1. The van der Waals surface area contributed by atoms with E-state index in [4.69, 9.17) is 4.74 Å². The third-order valence-corrected chi connectivity index (χ3v) is 4.00. The number of benzene rings is 1. The van der Waals surface area contributed by atoms with Gasteiger partial charge in [-0.25, -0.2) is 14.1 Å². The number of aromatic nitrogens is 3. The summed E-state index contributed by atoms with van der Waals surface area (Å²) in [6, 6.07) is 9.81. The van der Waals surface area contributed by atoms with Crippen LogP contribution in [0.3, 0.4) is 0 Å². The van der Waals surface area contributed by atoms with Crippen molar-refractivity contribution < 1.29 is 13.9 Å². The monoisotopic (exact) mass is 338 g/mol. The number of rotatable bonds is 4. The Hall–Kier alpha value is -3.22. The van der Waals surface area contributed by atoms with Crippen LogP contribution in [0.1, 0.15) is 11.1 Å². The number of fused-ring (bicyclic) bond motifs is 1. The largest absolute Gasteiger partial charge is 0.480 e. The minimum atomic E-state index is -0.631. The van der Waals surface area contributed by atoms with Crippen LogP contribution >= 0.6 is 0 Å². The van der Waals surface area contributed by atoms with Crippen LogP contribution in [-0.2, 0) is 17.8 Å². The molecule has 1 aliphatic rings. The van der Waals surface area contributed by atoms with Crippen molar-refractivity contribution in [1.82, 2.24) is 20.1 Å². The van der Waals surface area contributed by atoms with Crippen LogP contribution in [0.25, 0.3) is 5.82 Å². The fourth-order valence-corrected chi connectivity index (χ4v) is 2.73. The maximum Gasteiger partial charge on any atom is 0.261 e. The first-order valence-electron chi connectivity index (χ1n) is 7.87. The van der Waals surface area contributed by atoms with Crippen LogP contribution in [0.5, 0.6) is 5.75 Å². The van der Waals surface area contributed by atoms with E-state index in [1.807, 2.05) is 24.4 Å². The Morgan fingerprint density at radius 1 is 1.36 bits per heavy atom. The lowest BCUT2D eigenvalue weighted by Crippen LogP contribution is -2.37. The fourth-order valence-electron chi connectivity index (χ4n) is 2.73. The highest BCUT2D eigenvalue weighted by Crippen LogP contribution is 2.29. The molecule has 0 aliphatic carbocycles. The van der Waals surface area contributed by atoms with Crippen LogP contribution in [0.15, 0.2) is 55.0 Å². The normalized spacial score (nSPS) is 15.5. The van der Waals surface area contributed by atoms with Crippen molar-refractivity contribution >= 4 is 5.91 Å². The zero-order chi connectivity index (χ0) is 17.2. The average Bonchev–Trinajstić information content (AvgIpc) is 3.29. The van der Waals surface area contributed by atoms with E-state index < -0.39 is 6.10 Å². The van der Waals surface area contributed by atoms with Crippen LogP contribution in [0.2, 0.25) is 0 Å². The molecule has 1 atom stereocenters. The van der Waals surface area contributed by atoms with Crippen molar-refractivity contribution in [3.05, 3.63) is 71.9 Å². The zero-order valence-electron chi connectivity index (χ0n) is 13.2. The van der Waals surface area contributed by atoms with Gasteiger partial charge in [-0.05, 0) is 35.9 Å². The first kappa shape index (κ1) is 15.3. The molecule has 126 valence electrons. The van der Waals surface area contributed by atoms with Crippen LogP contribution in [-0.4, -0.2) is 26.8 Å². The van der Waals surface area contributed by atoms with Gasteiger partial charge >= 0.3 is 0 Å². The average molecular weight is 338 g/mol. The molecule has 0 radical (unpaired) electrons. The van der Waals surface area contributed by atoms with Crippen molar-refractivity contribution in [2.24, 2.45) is 0 Å². The van der Waals surface area contributed by atoms with Crippen molar-refractivity contribution in [3.63, 3.8) is 0 Å². The molecule has 0 bridgehead atoms. The summed E-state index contributed by atoms with van der Waals surface area (Å²) in [5.41, 5.74) is 1.58. The molecule has 1 N–H and O–H groups in total. The third-order valence-electron chi connectivity index (χ3n) is 4.00. The number of hydrogen-bond acceptors (Lipinski definition) is 4. The highest BCUT2D eigenvalue weighted by atomic mass is 19.1. The summed E-state index contributed by atoms with van der Waals surface area (Å²) in [6.07, 6.45) is 4.92. The second kappa shape index (κ2) is 6.35. The Morgan fingerprint density at radius 3 is 3.04 bits per heavy atom. The number of carbonyl (C=O) groups excluding carboxylic acids is 1. The second-order valence-corrected chi connectivity index (χ2v) is 5.76. The molecule has 3 aromatic rings. The molecule has 7 heteroatoms. The number of pyridine rings is 1. The van der Waals surface area contributed by atoms with Gasteiger partial charge in [0.2, 0.25) is 0 Å². The molecule has 1 aliphatic heterocycles. The quantitative estimate of drug-likeness (QED) is 0.790. The van der Waals surface area contributed by atoms with E-state index in [1.165, 1.54) is 12.1 Å². The van der Waals surface area contributed by atoms with Gasteiger partial charge in [-0.1, -0.05) is 6.07 Å². The molecule has 0 unspecified atom stereocenters. The van der Waals surface area contributed by atoms with Gasteiger partial charge in [-0.2, -0.15) is 5.10 Å². The molecule has 0 fully saturated rings. The first-order chi connectivity index (χ1) is 12.2. The summed E-state index contributed by atoms with van der Waals surface area (Å²) in [5, 5.41) is 6.93. The number of nitrogens with one attached hydrogen (secondary N) is 1. The van der Waals surface area contributed by atoms with Gasteiger partial charge in [0, 0.05) is 37.1 Å². The summed E-state index contributed by atoms with van der Waals surface area (Å²) in [6.45, 7) is 0.343. The predicted molar refractivity (Wildman–Crippen MR) is 87.7 cm³/mol. The van der Waals surface area contributed by atoms with Gasteiger partial charge in [0.1, 0.15) is 11.6 Å². The molecule has 6 nitrogen and oxygen atoms in total. The zero-order valence-corrected chi connectivity index (χ0v) is 13.2. The summed E-state index contributed by atoms with van der Waals surface area (Å²) in [7, 11) is 0. The Balaban J connectivity index is 1.35. The van der Waals surface area contributed by atoms with Gasteiger partial charge < -0.3 is 10.1 Å². The molecule has 3 heterocycles. The molecule has 2 aromatic heterocycles. The number of amides is 1. The highest BCUT2D eigenvalue weighted by Gasteiger charge is 2.29. The molecular weight excluding hydrogens is 323 g/mol. The lowest BCUT2D eigenvalue weighted by molar-refractivity contribution is -0.127. The van der Waals surface area contributed by atoms with Gasteiger partial charge in [-0.3, -0.25) is 4.79 Å². The Labute approximate surface area is 143 Å². The lowest BCUT2D eigenvalue weighted by Gasteiger charge is -2.11. The molecule has 4 rings (SSSR count). The number of carbonyl (C=O) groups is 1. The Morgan fingerprint density at radius 2 is 2.28 bits per heavy atom. The molecular formula is C18H15FN4O2. The van der Waals surface area contributed by atoms with Crippen molar-refractivity contribution in [3.8, 4) is 11.6 Å². The van der Waals surface area contributed by atoms with Crippen molar-refractivity contribution in [2.75, 3.05) is 0 Å². The lowest BCUT2D eigenvalue weighted by atomic mass is 10.1. The number of nitrogens with zero attached hydrogens (tertiary/aromatic N) is 3. The van der Waals surface area contributed by atoms with Gasteiger partial charge in [0.05, 0.1) is 0 Å². The van der Waals surface area contributed by atoms with Crippen molar-refractivity contribution in [1.29, 1.82) is 0 Å². The molecule has 0 saturated carbocycles. The maximum atomic E-state index is 13.2. The summed E-state index contributed by atoms with van der Waals surface area (Å²) >= 11 is 0. The minimum Gasteiger partial charge on any atom is -0.480 e. The van der Waals surface area contributed by atoms with E-state index in [0.717, 1.165) is 5.56 Å². The smallest absolute Gasteiger partial charge is 0.261 e. The van der Waals surface area contributed by atoms with E-state index in [0.29, 0.717) is 30.1 Å². The van der Waals surface area contributed by atoms with E-state index in [9.17, 15) is 9.18 Å². The fraction of sp³-hybridized carbons (Fsp3) is 0.167. The van der Waals surface area contributed by atoms with Crippen LogP contribution in [0, 0.1) is 5.82 Å². The van der Waals surface area contributed by atoms with Crippen molar-refractivity contribution in [2.45, 2.75) is 19.1 Å². The predicted octanol–water partition coefficient (Wildman–Crippen LogP) is 2.03. The molecule has 0 saturated heterocycles. The third kappa shape index (κ3) is 3.21. The first-order valence-corrected chi connectivity index (χ1v) is 7.87. The summed E-state index contributed by atoms with van der Waals surface area (Å²) < 4.78 is 20.5. The molecule has 0 spiro atoms.